The average molecular weight is 347 g/mol. The molecule has 0 aromatic carbocycles. The van der Waals surface area contributed by atoms with Gasteiger partial charge in [-0.2, -0.15) is 0 Å². The third-order valence-corrected chi connectivity index (χ3v) is 3.88. The average Bonchev–Trinajstić information content (AvgIpc) is 2.61. The van der Waals surface area contributed by atoms with Gasteiger partial charge in [0.05, 0.1) is 4.47 Å². The van der Waals surface area contributed by atoms with Crippen LogP contribution in [0.4, 0.5) is 0 Å². The summed E-state index contributed by atoms with van der Waals surface area (Å²) >= 11 is 6.54. The predicted octanol–water partition coefficient (Wildman–Crippen LogP) is 3.48. The van der Waals surface area contributed by atoms with Crippen LogP contribution in [-0.4, -0.2) is 10.1 Å². The molecule has 2 aromatic rings. The second-order valence-corrected chi connectivity index (χ2v) is 4.92. The summed E-state index contributed by atoms with van der Waals surface area (Å²) in [7, 11) is 0. The molecule has 5 heteroatoms. The van der Waals surface area contributed by atoms with Crippen molar-refractivity contribution >= 4 is 31.9 Å². The lowest BCUT2D eigenvalue weighted by Crippen LogP contribution is -2.00. The first-order valence-corrected chi connectivity index (χ1v) is 6.27. The van der Waals surface area contributed by atoms with Crippen molar-refractivity contribution in [3.8, 4) is 0 Å². The Bertz CT molecular complexity index is 451. The van der Waals surface area contributed by atoms with Gasteiger partial charge in [0.2, 0.25) is 0 Å². The van der Waals surface area contributed by atoms with Gasteiger partial charge in [0.25, 0.3) is 0 Å². The molecule has 16 heavy (non-hydrogen) atoms. The van der Waals surface area contributed by atoms with Crippen molar-refractivity contribution in [2.24, 2.45) is 0 Å². The second kappa shape index (κ2) is 5.12. The number of aliphatic hydroxyl groups excluding tert-OH is 1. The largest absolute Gasteiger partial charge is 0.450 e. The number of aromatic nitrogens is 1. The maximum atomic E-state index is 9.96. The van der Waals surface area contributed by atoms with E-state index >= 15 is 0 Å². The van der Waals surface area contributed by atoms with Gasteiger partial charge in [0.15, 0.2) is 4.67 Å². The van der Waals surface area contributed by atoms with E-state index in [2.05, 4.69) is 36.8 Å². The van der Waals surface area contributed by atoms with Crippen molar-refractivity contribution in [3.05, 3.63) is 51.1 Å². The summed E-state index contributed by atoms with van der Waals surface area (Å²) in [4.78, 5) is 3.92. The normalized spacial score (nSPS) is 12.7. The van der Waals surface area contributed by atoms with Crippen LogP contribution in [0.15, 0.2) is 44.2 Å². The van der Waals surface area contributed by atoms with Crippen molar-refractivity contribution in [2.45, 2.75) is 12.5 Å². The van der Waals surface area contributed by atoms with Crippen molar-refractivity contribution in [1.82, 2.24) is 4.98 Å². The highest BCUT2D eigenvalue weighted by Gasteiger charge is 2.15. The molecule has 84 valence electrons. The highest BCUT2D eigenvalue weighted by molar-refractivity contribution is 9.13. The molecular formula is C11H9Br2NO2. The van der Waals surface area contributed by atoms with Gasteiger partial charge in [-0.1, -0.05) is 0 Å². The van der Waals surface area contributed by atoms with Crippen LogP contribution in [0.2, 0.25) is 0 Å². The molecule has 0 aliphatic carbocycles. The lowest BCUT2D eigenvalue weighted by Gasteiger charge is -2.06. The Kier molecular flexibility index (Phi) is 3.78. The fourth-order valence-corrected chi connectivity index (χ4v) is 1.98. The molecule has 2 rings (SSSR count). The molecule has 0 bridgehead atoms. The Morgan fingerprint density at radius 3 is 2.56 bits per heavy atom. The van der Waals surface area contributed by atoms with Gasteiger partial charge in [-0.25, -0.2) is 0 Å². The molecule has 2 heterocycles. The van der Waals surface area contributed by atoms with E-state index in [1.807, 2.05) is 12.1 Å². The number of nitrogens with zero attached hydrogens (tertiary/aromatic N) is 1. The molecule has 3 nitrogen and oxygen atoms in total. The van der Waals surface area contributed by atoms with Crippen LogP contribution in [-0.2, 0) is 6.42 Å². The van der Waals surface area contributed by atoms with E-state index < -0.39 is 6.10 Å². The quantitative estimate of drug-likeness (QED) is 0.925. The third-order valence-electron chi connectivity index (χ3n) is 2.17. The van der Waals surface area contributed by atoms with Crippen LogP contribution in [0.5, 0.6) is 0 Å². The summed E-state index contributed by atoms with van der Waals surface area (Å²) in [5, 5.41) is 9.96. The summed E-state index contributed by atoms with van der Waals surface area (Å²) in [6, 6.07) is 5.50. The van der Waals surface area contributed by atoms with Crippen molar-refractivity contribution in [2.75, 3.05) is 0 Å². The molecule has 1 N–H and O–H groups in total. The molecule has 0 amide bonds. The number of rotatable bonds is 3. The van der Waals surface area contributed by atoms with Gasteiger partial charge in [-0.3, -0.25) is 4.98 Å². The molecule has 0 saturated heterocycles. The maximum Gasteiger partial charge on any atom is 0.183 e. The van der Waals surface area contributed by atoms with Crippen LogP contribution in [0.3, 0.4) is 0 Å². The van der Waals surface area contributed by atoms with Crippen LogP contribution >= 0.6 is 31.9 Å². The van der Waals surface area contributed by atoms with Crippen molar-refractivity contribution in [1.29, 1.82) is 0 Å². The van der Waals surface area contributed by atoms with E-state index in [0.717, 1.165) is 10.0 Å². The minimum Gasteiger partial charge on any atom is -0.450 e. The molecule has 2 aromatic heterocycles. The zero-order valence-electron chi connectivity index (χ0n) is 8.23. The monoisotopic (exact) mass is 345 g/mol. The van der Waals surface area contributed by atoms with Crippen LogP contribution in [0.25, 0.3) is 0 Å². The molecule has 0 saturated carbocycles. The van der Waals surface area contributed by atoms with Crippen LogP contribution in [0, 0.1) is 0 Å². The van der Waals surface area contributed by atoms with E-state index in [9.17, 15) is 5.11 Å². The van der Waals surface area contributed by atoms with E-state index in [-0.39, 0.29) is 0 Å². The summed E-state index contributed by atoms with van der Waals surface area (Å²) in [5.74, 6) is 0.538. The maximum absolute atomic E-state index is 9.96. The van der Waals surface area contributed by atoms with Gasteiger partial charge < -0.3 is 9.52 Å². The Balaban J connectivity index is 2.11. The van der Waals surface area contributed by atoms with Gasteiger partial charge in [0, 0.05) is 18.8 Å². The van der Waals surface area contributed by atoms with Gasteiger partial charge in [-0.15, -0.1) is 0 Å². The Morgan fingerprint density at radius 1 is 1.31 bits per heavy atom. The van der Waals surface area contributed by atoms with Crippen LogP contribution < -0.4 is 0 Å². The van der Waals surface area contributed by atoms with Crippen LogP contribution in [0.1, 0.15) is 17.4 Å². The predicted molar refractivity (Wildman–Crippen MR) is 67.0 cm³/mol. The number of pyridine rings is 1. The Hall–Kier alpha value is -0.650. The van der Waals surface area contributed by atoms with Crippen molar-refractivity contribution in [3.63, 3.8) is 0 Å². The summed E-state index contributed by atoms with van der Waals surface area (Å²) < 4.78 is 6.75. The summed E-state index contributed by atoms with van der Waals surface area (Å²) in [6.07, 6.45) is 3.27. The van der Waals surface area contributed by atoms with E-state index in [0.29, 0.717) is 16.9 Å². The lowest BCUT2D eigenvalue weighted by molar-refractivity contribution is 0.149. The second-order valence-electron chi connectivity index (χ2n) is 3.35. The van der Waals surface area contributed by atoms with E-state index in [4.69, 9.17) is 4.42 Å². The lowest BCUT2D eigenvalue weighted by atomic mass is 10.1. The summed E-state index contributed by atoms with van der Waals surface area (Å²) in [6.45, 7) is 0. The highest BCUT2D eigenvalue weighted by atomic mass is 79.9. The summed E-state index contributed by atoms with van der Waals surface area (Å²) in [5.41, 5.74) is 1.02. The van der Waals surface area contributed by atoms with Gasteiger partial charge in [0.1, 0.15) is 11.9 Å². The molecule has 0 fully saturated rings. The molecule has 0 aliphatic rings. The zero-order valence-corrected chi connectivity index (χ0v) is 11.4. The molecule has 0 radical (unpaired) electrons. The van der Waals surface area contributed by atoms with Gasteiger partial charge in [-0.05, 0) is 55.6 Å². The molecule has 0 spiro atoms. The van der Waals surface area contributed by atoms with E-state index in [1.54, 1.807) is 18.5 Å². The molecule has 1 atom stereocenters. The number of hydrogen-bond acceptors (Lipinski definition) is 3. The first-order chi connectivity index (χ1) is 7.66. The topological polar surface area (TPSA) is 46.3 Å². The van der Waals surface area contributed by atoms with E-state index in [1.165, 1.54) is 0 Å². The van der Waals surface area contributed by atoms with Gasteiger partial charge >= 0.3 is 0 Å². The Morgan fingerprint density at radius 2 is 2.00 bits per heavy atom. The Labute approximate surface area is 110 Å². The highest BCUT2D eigenvalue weighted by Crippen LogP contribution is 2.30. The molecular weight excluding hydrogens is 338 g/mol. The fourth-order valence-electron chi connectivity index (χ4n) is 1.37. The first-order valence-electron chi connectivity index (χ1n) is 4.68. The molecule has 1 unspecified atom stereocenters. The first kappa shape index (κ1) is 11.8. The number of aliphatic hydroxyl groups is 1. The zero-order chi connectivity index (χ0) is 11.5. The fraction of sp³-hybridized carbons (Fsp3) is 0.182. The molecule has 0 aliphatic heterocycles. The minimum atomic E-state index is -0.648. The SMILES string of the molecule is OC(Cc1ccncc1)c1cc(Br)c(Br)o1. The smallest absolute Gasteiger partial charge is 0.183 e. The third kappa shape index (κ3) is 2.72. The number of hydrogen-bond donors (Lipinski definition) is 1. The van der Waals surface area contributed by atoms with Crippen molar-refractivity contribution < 1.29 is 9.52 Å². The standard InChI is InChI=1S/C11H9Br2NO2/c12-8-6-10(16-11(8)13)9(15)5-7-1-3-14-4-2-7/h1-4,6,9,15H,5H2. The number of furan rings is 1. The number of halogens is 2. The minimum absolute atomic E-state index is 0.509.